The highest BCUT2D eigenvalue weighted by molar-refractivity contribution is 8.20. The first-order valence-electron chi connectivity index (χ1n) is 5.07. The Morgan fingerprint density at radius 1 is 1.07 bits per heavy atom. The molecule has 14 heavy (non-hydrogen) atoms. The van der Waals surface area contributed by atoms with E-state index < -0.39 is 5.79 Å². The first-order valence-corrected chi connectivity index (χ1v) is 6.70. The number of hydrogen-bond acceptors (Lipinski definition) is 4. The molecule has 4 bridgehead atoms. The summed E-state index contributed by atoms with van der Waals surface area (Å²) in [6, 6.07) is 0. The predicted molar refractivity (Wildman–Crippen MR) is 60.3 cm³/mol. The molecule has 0 amide bonds. The van der Waals surface area contributed by atoms with Crippen molar-refractivity contribution in [3.05, 3.63) is 0 Å². The van der Waals surface area contributed by atoms with E-state index in [4.69, 9.17) is 4.74 Å². The van der Waals surface area contributed by atoms with Gasteiger partial charge in [0.1, 0.15) is 4.93 Å². The third-order valence-corrected chi connectivity index (χ3v) is 6.34. The van der Waals surface area contributed by atoms with E-state index >= 15 is 0 Å². The molecular weight excluding hydrogens is 216 g/mol. The van der Waals surface area contributed by atoms with E-state index in [0.29, 0.717) is 0 Å². The number of rotatable bonds is 0. The summed E-state index contributed by atoms with van der Waals surface area (Å²) >= 11 is 3.92. The van der Waals surface area contributed by atoms with E-state index in [2.05, 4.69) is 20.8 Å². The van der Waals surface area contributed by atoms with Crippen LogP contribution in [0.5, 0.6) is 0 Å². The highest BCUT2D eigenvalue weighted by Gasteiger charge is 2.66. The highest BCUT2D eigenvalue weighted by atomic mass is 32.2. The minimum Gasteiger partial charge on any atom is -0.365 e. The molecule has 4 unspecified atom stereocenters. The lowest BCUT2D eigenvalue weighted by molar-refractivity contribution is -0.279. The Hall–Kier alpha value is 0.620. The molecule has 0 aliphatic carbocycles. The van der Waals surface area contributed by atoms with E-state index in [0.717, 1.165) is 19.3 Å². The molecule has 0 aromatic carbocycles. The summed E-state index contributed by atoms with van der Waals surface area (Å²) in [5, 5.41) is 10.3. The Balaban J connectivity index is 2.08. The maximum Gasteiger partial charge on any atom is 0.170 e. The predicted octanol–water partition coefficient (Wildman–Crippen LogP) is 2.56. The second-order valence-electron chi connectivity index (χ2n) is 5.50. The van der Waals surface area contributed by atoms with Crippen molar-refractivity contribution >= 4 is 23.5 Å². The zero-order valence-corrected chi connectivity index (χ0v) is 10.4. The Kier molecular flexibility index (Phi) is 1.62. The van der Waals surface area contributed by atoms with Crippen molar-refractivity contribution < 1.29 is 9.84 Å². The van der Waals surface area contributed by atoms with E-state index in [1.54, 1.807) is 0 Å². The van der Waals surface area contributed by atoms with Crippen LogP contribution in [0.15, 0.2) is 0 Å². The van der Waals surface area contributed by atoms with Crippen molar-refractivity contribution in [2.24, 2.45) is 0 Å². The molecule has 0 spiro atoms. The van der Waals surface area contributed by atoms with Crippen LogP contribution in [0.25, 0.3) is 0 Å². The van der Waals surface area contributed by atoms with Crippen LogP contribution in [-0.4, -0.2) is 24.7 Å². The molecule has 4 fully saturated rings. The van der Waals surface area contributed by atoms with Gasteiger partial charge in [0.25, 0.3) is 0 Å². The molecule has 4 rings (SSSR count). The zero-order valence-electron chi connectivity index (χ0n) is 8.79. The minimum absolute atomic E-state index is 0.146. The number of ether oxygens (including phenoxy) is 1. The van der Waals surface area contributed by atoms with Gasteiger partial charge in [-0.1, -0.05) is 6.92 Å². The lowest BCUT2D eigenvalue weighted by Crippen LogP contribution is -2.65. The summed E-state index contributed by atoms with van der Waals surface area (Å²) in [6.45, 7) is 6.63. The fourth-order valence-corrected chi connectivity index (χ4v) is 8.78. The van der Waals surface area contributed by atoms with Gasteiger partial charge in [0.2, 0.25) is 0 Å². The SMILES string of the molecule is CC12CC3(O)CC(C)(S1)SC(C)(C2)O3. The fourth-order valence-electron chi connectivity index (χ4n) is 3.60. The summed E-state index contributed by atoms with van der Waals surface area (Å²) in [5.41, 5.74) is 0. The van der Waals surface area contributed by atoms with E-state index in [9.17, 15) is 5.11 Å². The second kappa shape index (κ2) is 2.31. The summed E-state index contributed by atoms with van der Waals surface area (Å²) in [4.78, 5) is -0.167. The van der Waals surface area contributed by atoms with Crippen molar-refractivity contribution in [2.75, 3.05) is 0 Å². The summed E-state index contributed by atoms with van der Waals surface area (Å²) in [6.07, 6.45) is 2.60. The third kappa shape index (κ3) is 1.27. The molecule has 0 aromatic rings. The first-order chi connectivity index (χ1) is 6.24. The van der Waals surface area contributed by atoms with Gasteiger partial charge >= 0.3 is 0 Å². The van der Waals surface area contributed by atoms with Crippen LogP contribution in [0.4, 0.5) is 0 Å². The van der Waals surface area contributed by atoms with Gasteiger partial charge in [0, 0.05) is 24.0 Å². The standard InChI is InChI=1S/C10H16O2S2/c1-7-4-8(2)12-10(11,5-7)6-9(3,13-7)14-8/h11H,4-6H2,1-3H3. The van der Waals surface area contributed by atoms with Gasteiger partial charge in [-0.2, -0.15) is 0 Å². The van der Waals surface area contributed by atoms with Crippen molar-refractivity contribution in [3.63, 3.8) is 0 Å². The lowest BCUT2D eigenvalue weighted by atomic mass is 9.86. The minimum atomic E-state index is -0.854. The molecule has 4 aliphatic rings. The van der Waals surface area contributed by atoms with E-state index in [1.807, 2.05) is 23.5 Å². The quantitative estimate of drug-likeness (QED) is 0.695. The maximum absolute atomic E-state index is 10.3. The molecule has 2 nitrogen and oxygen atoms in total. The molecule has 1 N–H and O–H groups in total. The lowest BCUT2D eigenvalue weighted by Gasteiger charge is -2.65. The van der Waals surface area contributed by atoms with Crippen molar-refractivity contribution in [2.45, 2.75) is 59.6 Å². The molecule has 4 aliphatic heterocycles. The molecule has 4 heteroatoms. The van der Waals surface area contributed by atoms with Crippen molar-refractivity contribution in [1.29, 1.82) is 0 Å². The molecule has 4 heterocycles. The van der Waals surface area contributed by atoms with Crippen molar-refractivity contribution in [1.82, 2.24) is 0 Å². The van der Waals surface area contributed by atoms with Crippen LogP contribution in [0, 0.1) is 0 Å². The van der Waals surface area contributed by atoms with Gasteiger partial charge in [-0.05, 0) is 13.8 Å². The Morgan fingerprint density at radius 3 is 2.29 bits per heavy atom. The van der Waals surface area contributed by atoms with Crippen LogP contribution in [-0.2, 0) is 4.74 Å². The molecule has 4 saturated heterocycles. The number of aliphatic hydroxyl groups is 1. The first kappa shape index (κ1) is 9.82. The van der Waals surface area contributed by atoms with Crippen LogP contribution in [0.2, 0.25) is 0 Å². The smallest absolute Gasteiger partial charge is 0.170 e. The Bertz CT molecular complexity index is 209. The van der Waals surface area contributed by atoms with Crippen LogP contribution >= 0.6 is 23.5 Å². The Labute approximate surface area is 93.2 Å². The monoisotopic (exact) mass is 232 g/mol. The van der Waals surface area contributed by atoms with Crippen LogP contribution in [0.1, 0.15) is 40.0 Å². The average molecular weight is 232 g/mol. The molecular formula is C10H16O2S2. The third-order valence-electron chi connectivity index (χ3n) is 3.24. The maximum atomic E-state index is 10.3. The zero-order chi connectivity index (χ0) is 10.2. The average Bonchev–Trinajstić information content (AvgIpc) is 1.67. The number of hydrogen-bond donors (Lipinski definition) is 1. The molecule has 80 valence electrons. The van der Waals surface area contributed by atoms with Gasteiger partial charge in [-0.15, -0.1) is 23.5 Å². The van der Waals surface area contributed by atoms with Crippen molar-refractivity contribution in [3.8, 4) is 0 Å². The molecule has 0 saturated carbocycles. The fraction of sp³-hybridized carbons (Fsp3) is 1.00. The van der Waals surface area contributed by atoms with E-state index in [-0.39, 0.29) is 13.8 Å². The Morgan fingerprint density at radius 2 is 1.79 bits per heavy atom. The van der Waals surface area contributed by atoms with Crippen LogP contribution in [0.3, 0.4) is 0 Å². The summed E-state index contributed by atoms with van der Waals surface area (Å²) in [5.74, 6) is -0.854. The summed E-state index contributed by atoms with van der Waals surface area (Å²) in [7, 11) is 0. The largest absolute Gasteiger partial charge is 0.365 e. The topological polar surface area (TPSA) is 29.5 Å². The van der Waals surface area contributed by atoms with Gasteiger partial charge in [-0.25, -0.2) is 0 Å². The van der Waals surface area contributed by atoms with Gasteiger partial charge in [0.05, 0.1) is 4.08 Å². The number of thioether (sulfide) groups is 2. The molecule has 0 radical (unpaired) electrons. The highest BCUT2D eigenvalue weighted by Crippen LogP contribution is 2.71. The molecule has 0 aromatic heterocycles. The second-order valence-corrected chi connectivity index (χ2v) is 9.82. The van der Waals surface area contributed by atoms with Gasteiger partial charge in [-0.3, -0.25) is 0 Å². The van der Waals surface area contributed by atoms with Gasteiger partial charge in [0.15, 0.2) is 5.79 Å². The summed E-state index contributed by atoms with van der Waals surface area (Å²) < 4.78 is 6.19. The van der Waals surface area contributed by atoms with Crippen LogP contribution < -0.4 is 0 Å². The van der Waals surface area contributed by atoms with Gasteiger partial charge < -0.3 is 9.84 Å². The normalized spacial score (nSPS) is 66.0. The van der Waals surface area contributed by atoms with E-state index in [1.165, 1.54) is 0 Å². The molecule has 4 atom stereocenters.